The molecule has 2 rings (SSSR count). The number of carbonyl (C=O) groups excluding carboxylic acids is 4. The molecule has 0 aromatic heterocycles. The summed E-state index contributed by atoms with van der Waals surface area (Å²) in [6.45, 7) is 8.28. The smallest absolute Gasteiger partial charge is 0.246 e. The second-order valence-electron chi connectivity index (χ2n) is 11.5. The lowest BCUT2D eigenvalue weighted by Crippen LogP contribution is -2.55. The number of amides is 3. The zero-order valence-corrected chi connectivity index (χ0v) is 25.1. The topological polar surface area (TPSA) is 177 Å². The van der Waals surface area contributed by atoms with Gasteiger partial charge in [0.15, 0.2) is 5.78 Å². The molecule has 0 aliphatic carbocycles. The molecule has 2 aromatic rings. The Morgan fingerprint density at radius 3 is 1.93 bits per heavy atom. The van der Waals surface area contributed by atoms with Gasteiger partial charge in [-0.2, -0.15) is 0 Å². The molecule has 42 heavy (non-hydrogen) atoms. The molecule has 0 heterocycles. The van der Waals surface area contributed by atoms with Gasteiger partial charge in [0.05, 0.1) is 6.04 Å². The molecule has 0 radical (unpaired) electrons. The summed E-state index contributed by atoms with van der Waals surface area (Å²) in [4.78, 5) is 51.9. The molecule has 8 N–H and O–H groups in total. The van der Waals surface area contributed by atoms with E-state index < -0.39 is 47.7 Å². The van der Waals surface area contributed by atoms with Crippen molar-refractivity contribution in [3.8, 4) is 0 Å². The normalized spacial score (nSPS) is 14.1. The molecule has 0 aliphatic rings. The van der Waals surface area contributed by atoms with Crippen molar-refractivity contribution < 1.29 is 24.3 Å². The van der Waals surface area contributed by atoms with Gasteiger partial charge in [0.2, 0.25) is 17.7 Å². The third-order valence-corrected chi connectivity index (χ3v) is 6.78. The first-order chi connectivity index (χ1) is 19.9. The van der Waals surface area contributed by atoms with Crippen molar-refractivity contribution in [1.82, 2.24) is 10.6 Å². The Labute approximate surface area is 249 Å². The van der Waals surface area contributed by atoms with Crippen LogP contribution in [-0.2, 0) is 14.4 Å². The van der Waals surface area contributed by atoms with Gasteiger partial charge < -0.3 is 32.5 Å². The van der Waals surface area contributed by atoms with Gasteiger partial charge in [-0.15, -0.1) is 0 Å². The van der Waals surface area contributed by atoms with Crippen LogP contribution in [-0.4, -0.2) is 53.3 Å². The van der Waals surface area contributed by atoms with E-state index in [2.05, 4.69) is 16.0 Å². The predicted molar refractivity (Wildman–Crippen MR) is 164 cm³/mol. The van der Waals surface area contributed by atoms with Crippen LogP contribution in [0.15, 0.2) is 54.6 Å². The zero-order valence-electron chi connectivity index (χ0n) is 25.1. The largest absolute Gasteiger partial charge is 0.380 e. The maximum Gasteiger partial charge on any atom is 0.246 e. The Hall–Kier alpha value is -3.60. The minimum atomic E-state index is -1.35. The van der Waals surface area contributed by atoms with Crippen LogP contribution in [0.4, 0.5) is 5.69 Å². The van der Waals surface area contributed by atoms with Gasteiger partial charge in [0.1, 0.15) is 18.2 Å². The lowest BCUT2D eigenvalue weighted by molar-refractivity contribution is -0.132. The second-order valence-corrected chi connectivity index (χ2v) is 11.5. The fourth-order valence-corrected chi connectivity index (χ4v) is 4.52. The van der Waals surface area contributed by atoms with E-state index in [0.717, 1.165) is 0 Å². The van der Waals surface area contributed by atoms with Gasteiger partial charge in [0, 0.05) is 11.3 Å². The summed E-state index contributed by atoms with van der Waals surface area (Å²) in [5.41, 5.74) is 12.9. The molecular formula is C32H47N5O5. The van der Waals surface area contributed by atoms with Gasteiger partial charge in [0.25, 0.3) is 0 Å². The standard InChI is InChI=1S/C32H47N5O5/c1-20(2)18-25(34)30(40)37-27(19-21(3)4)32(42)36-26(12-8-9-17-33)31(41)35-24-15-13-23(14-16-24)29(39)28(38)22-10-6-5-7-11-22/h5-7,10-11,13-16,20-21,25-27,29,39H,8-9,12,17-19,33-34H2,1-4H3,(H,35,41)(H,36,42)(H,37,40)/t25-,26-,27-,29?/m0/s1. The van der Waals surface area contributed by atoms with E-state index in [4.69, 9.17) is 11.5 Å². The minimum Gasteiger partial charge on any atom is -0.380 e. The Morgan fingerprint density at radius 1 is 0.762 bits per heavy atom. The van der Waals surface area contributed by atoms with Crippen LogP contribution in [0.1, 0.15) is 81.8 Å². The molecule has 1 unspecified atom stereocenters. The molecule has 0 saturated carbocycles. The van der Waals surface area contributed by atoms with Crippen LogP contribution >= 0.6 is 0 Å². The van der Waals surface area contributed by atoms with Crippen molar-refractivity contribution in [2.45, 2.75) is 84.0 Å². The molecular weight excluding hydrogens is 534 g/mol. The number of aliphatic hydroxyl groups is 1. The van der Waals surface area contributed by atoms with Crippen LogP contribution in [0.25, 0.3) is 0 Å². The highest BCUT2D eigenvalue weighted by molar-refractivity contribution is 6.00. The highest BCUT2D eigenvalue weighted by atomic mass is 16.3. The van der Waals surface area contributed by atoms with Crippen LogP contribution in [0.5, 0.6) is 0 Å². The summed E-state index contributed by atoms with van der Waals surface area (Å²) in [7, 11) is 0. The molecule has 0 bridgehead atoms. The SMILES string of the molecule is CC(C)C[C@H](NC(=O)[C@@H](N)CC(C)C)C(=O)N[C@@H](CCCCN)C(=O)Nc1ccc(C(O)C(=O)c2ccccc2)cc1. The van der Waals surface area contributed by atoms with Gasteiger partial charge in [-0.25, -0.2) is 0 Å². The monoisotopic (exact) mass is 581 g/mol. The van der Waals surface area contributed by atoms with Crippen LogP contribution in [0.3, 0.4) is 0 Å². The molecule has 0 saturated heterocycles. The van der Waals surface area contributed by atoms with Gasteiger partial charge in [-0.3, -0.25) is 19.2 Å². The van der Waals surface area contributed by atoms with E-state index in [1.54, 1.807) is 54.6 Å². The Bertz CT molecular complexity index is 1150. The number of hydrogen-bond acceptors (Lipinski definition) is 7. The summed E-state index contributed by atoms with van der Waals surface area (Å²) in [5.74, 6) is -1.39. The molecule has 4 atom stereocenters. The Morgan fingerprint density at radius 2 is 1.36 bits per heavy atom. The fraction of sp³-hybridized carbons (Fsp3) is 0.500. The summed E-state index contributed by atoms with van der Waals surface area (Å²) >= 11 is 0. The highest BCUT2D eigenvalue weighted by Gasteiger charge is 2.29. The quantitative estimate of drug-likeness (QED) is 0.123. The lowest BCUT2D eigenvalue weighted by Gasteiger charge is -2.25. The van der Waals surface area contributed by atoms with Crippen LogP contribution < -0.4 is 27.4 Å². The van der Waals surface area contributed by atoms with Gasteiger partial charge in [-0.1, -0.05) is 70.2 Å². The number of rotatable bonds is 17. The number of unbranched alkanes of at least 4 members (excludes halogenated alkanes) is 1. The summed E-state index contributed by atoms with van der Waals surface area (Å²) in [6, 6.07) is 12.4. The van der Waals surface area contributed by atoms with Gasteiger partial charge >= 0.3 is 0 Å². The molecule has 0 aliphatic heterocycles. The van der Waals surface area contributed by atoms with Crippen LogP contribution in [0.2, 0.25) is 0 Å². The molecule has 2 aromatic carbocycles. The third kappa shape index (κ3) is 11.3. The predicted octanol–water partition coefficient (Wildman–Crippen LogP) is 3.06. The Balaban J connectivity index is 2.12. The zero-order chi connectivity index (χ0) is 31.2. The lowest BCUT2D eigenvalue weighted by atomic mass is 9.99. The van der Waals surface area contributed by atoms with Crippen molar-refractivity contribution in [1.29, 1.82) is 0 Å². The molecule has 0 fully saturated rings. The molecule has 0 spiro atoms. The average Bonchev–Trinajstić information content (AvgIpc) is 2.95. The summed E-state index contributed by atoms with van der Waals surface area (Å²) < 4.78 is 0. The third-order valence-electron chi connectivity index (χ3n) is 6.78. The van der Waals surface area contributed by atoms with E-state index in [1.807, 2.05) is 27.7 Å². The van der Waals surface area contributed by atoms with Crippen molar-refractivity contribution >= 4 is 29.2 Å². The fourth-order valence-electron chi connectivity index (χ4n) is 4.52. The summed E-state index contributed by atoms with van der Waals surface area (Å²) in [5, 5.41) is 18.9. The van der Waals surface area contributed by atoms with E-state index >= 15 is 0 Å². The summed E-state index contributed by atoms with van der Waals surface area (Å²) in [6.07, 6.45) is 1.17. The number of hydrogen-bond donors (Lipinski definition) is 6. The number of Topliss-reactive ketones (excluding diaryl/α,β-unsaturated/α-hetero) is 1. The van der Waals surface area contributed by atoms with E-state index in [9.17, 15) is 24.3 Å². The second kappa shape index (κ2) is 17.4. The van der Waals surface area contributed by atoms with Crippen LogP contribution in [0, 0.1) is 11.8 Å². The first kappa shape index (κ1) is 34.6. The number of carbonyl (C=O) groups is 4. The van der Waals surface area contributed by atoms with E-state index in [-0.39, 0.29) is 11.8 Å². The number of nitrogens with two attached hydrogens (primary N) is 2. The van der Waals surface area contributed by atoms with Gasteiger partial charge in [-0.05, 0) is 68.2 Å². The van der Waals surface area contributed by atoms with Crippen molar-refractivity contribution in [3.63, 3.8) is 0 Å². The number of benzene rings is 2. The molecule has 230 valence electrons. The number of ketones is 1. The van der Waals surface area contributed by atoms with Crippen molar-refractivity contribution in [2.75, 3.05) is 11.9 Å². The molecule has 10 heteroatoms. The maximum absolute atomic E-state index is 13.3. The average molecular weight is 582 g/mol. The van der Waals surface area contributed by atoms with E-state index in [1.165, 1.54) is 0 Å². The minimum absolute atomic E-state index is 0.106. The van der Waals surface area contributed by atoms with Crippen molar-refractivity contribution in [2.24, 2.45) is 23.3 Å². The molecule has 10 nitrogen and oxygen atoms in total. The maximum atomic E-state index is 13.3. The first-order valence-corrected chi connectivity index (χ1v) is 14.7. The highest BCUT2D eigenvalue weighted by Crippen LogP contribution is 2.21. The number of anilines is 1. The number of nitrogens with one attached hydrogen (secondary N) is 3. The molecule has 3 amide bonds. The van der Waals surface area contributed by atoms with Crippen molar-refractivity contribution in [3.05, 3.63) is 65.7 Å². The van der Waals surface area contributed by atoms with E-state index in [0.29, 0.717) is 55.5 Å². The number of aliphatic hydroxyl groups excluding tert-OH is 1. The Kier molecular flexibility index (Phi) is 14.3. The first-order valence-electron chi connectivity index (χ1n) is 14.7.